The quantitative estimate of drug-likeness (QED) is 0.689. The maximum atomic E-state index is 11.2. The van der Waals surface area contributed by atoms with Gasteiger partial charge in [-0.3, -0.25) is 14.2 Å². The fraction of sp³-hybridized carbons (Fsp3) is 0.375. The van der Waals surface area contributed by atoms with Crippen molar-refractivity contribution >= 4 is 11.9 Å². The number of aromatic nitrogens is 2. The van der Waals surface area contributed by atoms with Gasteiger partial charge in [-0.05, 0) is 6.42 Å². The van der Waals surface area contributed by atoms with Gasteiger partial charge in [0.25, 0.3) is 5.56 Å². The highest BCUT2D eigenvalue weighted by molar-refractivity contribution is 5.66. The molecule has 0 saturated carbocycles. The smallest absolute Gasteiger partial charge is 0.303 e. The van der Waals surface area contributed by atoms with Gasteiger partial charge in [0.1, 0.15) is 0 Å². The van der Waals surface area contributed by atoms with E-state index in [4.69, 9.17) is 10.8 Å². The Kier molecular flexibility index (Phi) is 3.22. The van der Waals surface area contributed by atoms with Crippen LogP contribution in [0.5, 0.6) is 0 Å². The average molecular weight is 197 g/mol. The Balaban J connectivity index is 2.67. The van der Waals surface area contributed by atoms with E-state index in [9.17, 15) is 9.59 Å². The van der Waals surface area contributed by atoms with Crippen molar-refractivity contribution in [3.05, 3.63) is 22.6 Å². The molecule has 0 spiro atoms. The van der Waals surface area contributed by atoms with Crippen LogP contribution in [0, 0.1) is 0 Å². The van der Waals surface area contributed by atoms with Crippen LogP contribution in [-0.2, 0) is 11.3 Å². The highest BCUT2D eigenvalue weighted by Crippen LogP contribution is 1.97. The largest absolute Gasteiger partial charge is 0.481 e. The first-order chi connectivity index (χ1) is 6.61. The van der Waals surface area contributed by atoms with Crippen LogP contribution in [0.15, 0.2) is 17.1 Å². The van der Waals surface area contributed by atoms with Crippen molar-refractivity contribution in [2.75, 3.05) is 5.73 Å². The lowest BCUT2D eigenvalue weighted by Gasteiger charge is -2.05. The van der Waals surface area contributed by atoms with Crippen molar-refractivity contribution in [2.45, 2.75) is 19.4 Å². The van der Waals surface area contributed by atoms with Crippen LogP contribution in [0.3, 0.4) is 0 Å². The fourth-order valence-corrected chi connectivity index (χ4v) is 1.06. The van der Waals surface area contributed by atoms with Crippen LogP contribution < -0.4 is 11.3 Å². The standard InChI is InChI=1S/C8H11N3O3/c9-8-10-4-3-6(12)11(8)5-1-2-7(13)14/h3-4H,1-2,5H2,(H2,9,10)(H,13,14). The summed E-state index contributed by atoms with van der Waals surface area (Å²) in [6.07, 6.45) is 1.71. The normalized spacial score (nSPS) is 10.0. The molecular weight excluding hydrogens is 186 g/mol. The Morgan fingerprint density at radius 2 is 2.36 bits per heavy atom. The van der Waals surface area contributed by atoms with Gasteiger partial charge in [0, 0.05) is 25.2 Å². The van der Waals surface area contributed by atoms with E-state index in [1.807, 2.05) is 0 Å². The number of carboxylic acids is 1. The van der Waals surface area contributed by atoms with Crippen LogP contribution in [0.1, 0.15) is 12.8 Å². The maximum Gasteiger partial charge on any atom is 0.303 e. The molecule has 0 aliphatic heterocycles. The number of anilines is 1. The Hall–Kier alpha value is -1.85. The van der Waals surface area contributed by atoms with Crippen molar-refractivity contribution < 1.29 is 9.90 Å². The first kappa shape index (κ1) is 10.2. The van der Waals surface area contributed by atoms with E-state index in [1.54, 1.807) is 0 Å². The van der Waals surface area contributed by atoms with Crippen LogP contribution in [0.25, 0.3) is 0 Å². The third-order valence-electron chi connectivity index (χ3n) is 1.74. The van der Waals surface area contributed by atoms with E-state index >= 15 is 0 Å². The number of nitrogen functional groups attached to an aromatic ring is 1. The van der Waals surface area contributed by atoms with E-state index in [0.29, 0.717) is 6.42 Å². The molecule has 0 aromatic carbocycles. The molecule has 0 fully saturated rings. The van der Waals surface area contributed by atoms with E-state index in [0.717, 1.165) is 0 Å². The SMILES string of the molecule is Nc1nccc(=O)n1CCCC(=O)O. The molecule has 0 saturated heterocycles. The second-order valence-electron chi connectivity index (χ2n) is 2.79. The van der Waals surface area contributed by atoms with Crippen molar-refractivity contribution in [1.29, 1.82) is 0 Å². The fourth-order valence-electron chi connectivity index (χ4n) is 1.06. The lowest BCUT2D eigenvalue weighted by molar-refractivity contribution is -0.137. The Morgan fingerprint density at radius 1 is 1.64 bits per heavy atom. The van der Waals surface area contributed by atoms with Crippen molar-refractivity contribution in [2.24, 2.45) is 0 Å². The molecule has 1 aromatic rings. The topological polar surface area (TPSA) is 98.2 Å². The van der Waals surface area contributed by atoms with E-state index in [1.165, 1.54) is 16.8 Å². The van der Waals surface area contributed by atoms with Gasteiger partial charge in [0.15, 0.2) is 0 Å². The molecule has 6 heteroatoms. The van der Waals surface area contributed by atoms with Crippen LogP contribution in [-0.4, -0.2) is 20.6 Å². The lowest BCUT2D eigenvalue weighted by Crippen LogP contribution is -2.23. The van der Waals surface area contributed by atoms with Crippen LogP contribution in [0.4, 0.5) is 5.95 Å². The molecule has 0 bridgehead atoms. The number of nitrogens with two attached hydrogens (primary N) is 1. The number of nitrogens with zero attached hydrogens (tertiary/aromatic N) is 2. The number of hydrogen-bond acceptors (Lipinski definition) is 4. The van der Waals surface area contributed by atoms with Gasteiger partial charge in [0.2, 0.25) is 5.95 Å². The third-order valence-corrected chi connectivity index (χ3v) is 1.74. The van der Waals surface area contributed by atoms with Gasteiger partial charge >= 0.3 is 5.97 Å². The molecular formula is C8H11N3O3. The molecule has 1 rings (SSSR count). The van der Waals surface area contributed by atoms with Crippen molar-refractivity contribution in [1.82, 2.24) is 9.55 Å². The van der Waals surface area contributed by atoms with Crippen molar-refractivity contribution in [3.8, 4) is 0 Å². The van der Waals surface area contributed by atoms with E-state index in [-0.39, 0.29) is 24.5 Å². The van der Waals surface area contributed by atoms with E-state index in [2.05, 4.69) is 4.98 Å². The summed E-state index contributed by atoms with van der Waals surface area (Å²) in [4.78, 5) is 25.2. The Labute approximate surface area is 80.0 Å². The molecule has 0 radical (unpaired) electrons. The summed E-state index contributed by atoms with van der Waals surface area (Å²) >= 11 is 0. The third kappa shape index (κ3) is 2.58. The minimum atomic E-state index is -0.888. The number of carbonyl (C=O) groups is 1. The summed E-state index contributed by atoms with van der Waals surface area (Å²) in [5.41, 5.74) is 5.18. The minimum absolute atomic E-state index is 0.0147. The van der Waals surface area contributed by atoms with E-state index < -0.39 is 5.97 Å². The van der Waals surface area contributed by atoms with Gasteiger partial charge in [0.05, 0.1) is 0 Å². The monoisotopic (exact) mass is 197 g/mol. The molecule has 0 aliphatic carbocycles. The zero-order chi connectivity index (χ0) is 10.6. The van der Waals surface area contributed by atoms with Gasteiger partial charge in [-0.25, -0.2) is 4.98 Å². The predicted molar refractivity (Wildman–Crippen MR) is 49.8 cm³/mol. The van der Waals surface area contributed by atoms with Gasteiger partial charge in [-0.1, -0.05) is 0 Å². The second kappa shape index (κ2) is 4.40. The summed E-state index contributed by atoms with van der Waals surface area (Å²) in [6, 6.07) is 1.29. The second-order valence-corrected chi connectivity index (χ2v) is 2.79. The summed E-state index contributed by atoms with van der Waals surface area (Å²) in [5, 5.41) is 8.40. The van der Waals surface area contributed by atoms with Gasteiger partial charge in [-0.2, -0.15) is 0 Å². The van der Waals surface area contributed by atoms with Crippen LogP contribution in [0.2, 0.25) is 0 Å². The molecule has 0 unspecified atom stereocenters. The molecule has 1 heterocycles. The first-order valence-electron chi connectivity index (χ1n) is 4.14. The summed E-state index contributed by atoms with van der Waals surface area (Å²) < 4.78 is 1.25. The molecule has 76 valence electrons. The number of hydrogen-bond donors (Lipinski definition) is 2. The Bertz CT molecular complexity index is 386. The summed E-state index contributed by atoms with van der Waals surface area (Å²) in [7, 11) is 0. The van der Waals surface area contributed by atoms with Crippen molar-refractivity contribution in [3.63, 3.8) is 0 Å². The predicted octanol–water partition coefficient (Wildman–Crippen LogP) is -0.310. The van der Waals surface area contributed by atoms with Gasteiger partial charge < -0.3 is 10.8 Å². The lowest BCUT2D eigenvalue weighted by atomic mass is 10.3. The molecule has 3 N–H and O–H groups in total. The summed E-state index contributed by atoms with van der Waals surface area (Å²) in [5.74, 6) is -0.775. The molecule has 6 nitrogen and oxygen atoms in total. The van der Waals surface area contributed by atoms with Gasteiger partial charge in [-0.15, -0.1) is 0 Å². The highest BCUT2D eigenvalue weighted by atomic mass is 16.4. The van der Waals surface area contributed by atoms with Crippen LogP contribution >= 0.6 is 0 Å². The number of carboxylic acid groups (broad SMARTS) is 1. The summed E-state index contributed by atoms with van der Waals surface area (Å²) in [6.45, 7) is 0.283. The first-order valence-corrected chi connectivity index (χ1v) is 4.14. The maximum absolute atomic E-state index is 11.2. The zero-order valence-electron chi connectivity index (χ0n) is 7.51. The zero-order valence-corrected chi connectivity index (χ0v) is 7.51. The average Bonchev–Trinajstić information content (AvgIpc) is 2.09. The molecule has 0 aliphatic rings. The minimum Gasteiger partial charge on any atom is -0.481 e. The Morgan fingerprint density at radius 3 is 2.93 bits per heavy atom. The molecule has 0 atom stereocenters. The molecule has 1 aromatic heterocycles. The number of rotatable bonds is 4. The number of aliphatic carboxylic acids is 1. The molecule has 0 amide bonds. The molecule has 14 heavy (non-hydrogen) atoms. The highest BCUT2D eigenvalue weighted by Gasteiger charge is 2.02.